The fourth-order valence-electron chi connectivity index (χ4n) is 5.62. The van der Waals surface area contributed by atoms with Crippen molar-refractivity contribution >= 4 is 21.6 Å². The fourth-order valence-corrected chi connectivity index (χ4v) is 5.85. The number of carbonyl (C=O) groups excluding carboxylic acids is 2. The Balaban J connectivity index is 0.000000141. The molecular formula is C27H40N3O2P. The van der Waals surface area contributed by atoms with Crippen molar-refractivity contribution in [2.45, 2.75) is 88.9 Å². The summed E-state index contributed by atoms with van der Waals surface area (Å²) in [6.45, 7) is 6.02. The van der Waals surface area contributed by atoms with Gasteiger partial charge < -0.3 is 9.80 Å². The maximum Gasteiger partial charge on any atom is 0.222 e. The van der Waals surface area contributed by atoms with Gasteiger partial charge in [0.1, 0.15) is 0 Å². The summed E-state index contributed by atoms with van der Waals surface area (Å²) in [4.78, 5) is 26.2. The van der Waals surface area contributed by atoms with E-state index in [-0.39, 0.29) is 11.5 Å². The van der Waals surface area contributed by atoms with Gasteiger partial charge >= 0.3 is 0 Å². The SMILES string of the molecule is CC(P)c1ccccc1.C[C@H]1CN(C=O)C2(CC2)C1C#N.O=C1CCCCC[C@H]2CCCN12. The summed E-state index contributed by atoms with van der Waals surface area (Å²) in [5.74, 6) is 0.836. The van der Waals surface area contributed by atoms with Crippen molar-refractivity contribution < 1.29 is 9.59 Å². The first-order chi connectivity index (χ1) is 15.9. The maximum atomic E-state index is 11.6. The molecule has 1 saturated carbocycles. The number of hydrogen-bond acceptors (Lipinski definition) is 3. The van der Waals surface area contributed by atoms with Gasteiger partial charge in [0.2, 0.25) is 12.3 Å². The van der Waals surface area contributed by atoms with Crippen LogP contribution in [-0.4, -0.2) is 46.8 Å². The highest BCUT2D eigenvalue weighted by atomic mass is 31.0. The number of hydrogen-bond donors (Lipinski definition) is 0. The molecule has 5 nitrogen and oxygen atoms in total. The number of fused-ring (bicyclic) bond motifs is 1. The van der Waals surface area contributed by atoms with Crippen molar-refractivity contribution in [2.24, 2.45) is 11.8 Å². The van der Waals surface area contributed by atoms with E-state index in [4.69, 9.17) is 5.26 Å². The fraction of sp³-hybridized carbons (Fsp3) is 0.667. The van der Waals surface area contributed by atoms with Crippen LogP contribution in [0.5, 0.6) is 0 Å². The number of nitrogens with zero attached hydrogens (tertiary/aromatic N) is 3. The molecular weight excluding hydrogens is 429 g/mol. The third kappa shape index (κ3) is 6.36. The molecule has 3 saturated heterocycles. The van der Waals surface area contributed by atoms with Gasteiger partial charge in [-0.2, -0.15) is 5.26 Å². The minimum absolute atomic E-state index is 0.0457. The molecule has 3 heterocycles. The zero-order valence-corrected chi connectivity index (χ0v) is 21.4. The van der Waals surface area contributed by atoms with E-state index in [0.29, 0.717) is 23.5 Å². The zero-order valence-electron chi connectivity index (χ0n) is 20.3. The molecule has 1 aromatic rings. The molecule has 33 heavy (non-hydrogen) atoms. The van der Waals surface area contributed by atoms with E-state index in [1.807, 2.05) is 11.0 Å². The van der Waals surface area contributed by atoms with Crippen LogP contribution in [0.1, 0.15) is 82.9 Å². The van der Waals surface area contributed by atoms with Gasteiger partial charge in [-0.1, -0.05) is 57.0 Å². The summed E-state index contributed by atoms with van der Waals surface area (Å²) in [5.41, 5.74) is 1.91. The minimum atomic E-state index is -0.0457. The Kier molecular flexibility index (Phi) is 9.33. The number of rotatable bonds is 2. The van der Waals surface area contributed by atoms with Crippen LogP contribution >= 0.6 is 9.24 Å². The third-order valence-electron chi connectivity index (χ3n) is 7.68. The number of benzene rings is 1. The van der Waals surface area contributed by atoms with Crippen LogP contribution in [0.4, 0.5) is 0 Å². The molecule has 3 aliphatic heterocycles. The average molecular weight is 470 g/mol. The normalized spacial score (nSPS) is 28.2. The molecule has 5 atom stereocenters. The van der Waals surface area contributed by atoms with E-state index in [9.17, 15) is 9.59 Å². The highest BCUT2D eigenvalue weighted by molar-refractivity contribution is 7.17. The van der Waals surface area contributed by atoms with E-state index < -0.39 is 0 Å². The van der Waals surface area contributed by atoms with E-state index in [0.717, 1.165) is 45.2 Å². The van der Waals surface area contributed by atoms with Crippen LogP contribution in [0.25, 0.3) is 0 Å². The molecule has 0 aromatic heterocycles. The van der Waals surface area contributed by atoms with Crippen molar-refractivity contribution in [1.82, 2.24) is 9.80 Å². The Labute approximate surface area is 202 Å². The molecule has 1 aliphatic carbocycles. The maximum absolute atomic E-state index is 11.6. The smallest absolute Gasteiger partial charge is 0.222 e. The van der Waals surface area contributed by atoms with Crippen LogP contribution in [0, 0.1) is 23.2 Å². The van der Waals surface area contributed by atoms with E-state index in [2.05, 4.69) is 58.3 Å². The van der Waals surface area contributed by atoms with Crippen molar-refractivity contribution in [3.05, 3.63) is 35.9 Å². The highest BCUT2D eigenvalue weighted by Gasteiger charge is 2.60. The predicted octanol–water partition coefficient (Wildman–Crippen LogP) is 5.33. The van der Waals surface area contributed by atoms with Gasteiger partial charge in [0.25, 0.3) is 0 Å². The van der Waals surface area contributed by atoms with Gasteiger partial charge in [-0.3, -0.25) is 9.59 Å². The molecule has 180 valence electrons. The molecule has 0 radical (unpaired) electrons. The molecule has 1 spiro atoms. The highest BCUT2D eigenvalue weighted by Crippen LogP contribution is 2.54. The van der Waals surface area contributed by atoms with Gasteiger partial charge in [-0.25, -0.2) is 0 Å². The van der Waals surface area contributed by atoms with E-state index >= 15 is 0 Å². The largest absolute Gasteiger partial charge is 0.340 e. The summed E-state index contributed by atoms with van der Waals surface area (Å²) >= 11 is 0. The van der Waals surface area contributed by atoms with Gasteiger partial charge in [-0.15, -0.1) is 9.24 Å². The topological polar surface area (TPSA) is 64.4 Å². The van der Waals surface area contributed by atoms with Crippen LogP contribution < -0.4 is 0 Å². The second-order valence-corrected chi connectivity index (χ2v) is 11.1. The molecule has 1 aromatic carbocycles. The number of amides is 2. The lowest BCUT2D eigenvalue weighted by atomic mass is 9.92. The molecule has 4 fully saturated rings. The minimum Gasteiger partial charge on any atom is -0.340 e. The first-order valence-electron chi connectivity index (χ1n) is 12.6. The van der Waals surface area contributed by atoms with Crippen LogP contribution in [-0.2, 0) is 9.59 Å². The number of nitriles is 1. The van der Waals surface area contributed by atoms with Crippen molar-refractivity contribution in [2.75, 3.05) is 13.1 Å². The van der Waals surface area contributed by atoms with E-state index in [1.165, 1.54) is 37.7 Å². The lowest BCUT2D eigenvalue weighted by Crippen LogP contribution is -2.36. The first kappa shape index (κ1) is 25.7. The Morgan fingerprint density at radius 2 is 1.85 bits per heavy atom. The first-order valence-corrected chi connectivity index (χ1v) is 13.3. The monoisotopic (exact) mass is 469 g/mol. The molecule has 0 N–H and O–H groups in total. The molecule has 0 bridgehead atoms. The van der Waals surface area contributed by atoms with Gasteiger partial charge in [0.05, 0.1) is 17.5 Å². The van der Waals surface area contributed by atoms with Crippen LogP contribution in [0.3, 0.4) is 0 Å². The molecule has 3 unspecified atom stereocenters. The Bertz CT molecular complexity index is 818. The summed E-state index contributed by atoms with van der Waals surface area (Å²) in [7, 11) is 2.77. The van der Waals surface area contributed by atoms with Gasteiger partial charge in [0.15, 0.2) is 0 Å². The second kappa shape index (κ2) is 12.0. The molecule has 5 rings (SSSR count). The van der Waals surface area contributed by atoms with Crippen molar-refractivity contribution in [3.8, 4) is 6.07 Å². The molecule has 6 heteroatoms. The number of carbonyl (C=O) groups is 2. The Morgan fingerprint density at radius 1 is 1.15 bits per heavy atom. The molecule has 4 aliphatic rings. The average Bonchev–Trinajstić information content (AvgIpc) is 3.37. The standard InChI is InChI=1S/C10H17NO.C9H12N2O.C8H11P/c12-10-7-3-1-2-5-9-6-4-8-11(9)10;1-7-5-11(6-12)9(2-3-9)8(7)4-10;1-7(9)8-5-3-2-4-6-8/h9H,1-8H2;6-8H,2-3,5H2,1H3;2-7H,9H2,1H3/t9-;7-,8?;/m00./s1. The summed E-state index contributed by atoms with van der Waals surface area (Å²) in [6.07, 6.45) is 11.2. The second-order valence-electron chi connectivity index (χ2n) is 10.1. The summed E-state index contributed by atoms with van der Waals surface area (Å²) in [6, 6.07) is 13.4. The predicted molar refractivity (Wildman–Crippen MR) is 135 cm³/mol. The van der Waals surface area contributed by atoms with Crippen LogP contribution in [0.2, 0.25) is 0 Å². The summed E-state index contributed by atoms with van der Waals surface area (Å²) in [5, 5.41) is 8.93. The third-order valence-corrected chi connectivity index (χ3v) is 8.07. The molecule has 2 amide bonds. The zero-order chi connectivity index (χ0) is 23.8. The van der Waals surface area contributed by atoms with Gasteiger partial charge in [-0.05, 0) is 55.7 Å². The Morgan fingerprint density at radius 3 is 2.42 bits per heavy atom. The van der Waals surface area contributed by atoms with Crippen molar-refractivity contribution in [3.63, 3.8) is 0 Å². The van der Waals surface area contributed by atoms with Crippen molar-refractivity contribution in [1.29, 1.82) is 5.26 Å². The van der Waals surface area contributed by atoms with E-state index in [1.54, 1.807) is 0 Å². The quantitative estimate of drug-likeness (QED) is 0.434. The van der Waals surface area contributed by atoms with Gasteiger partial charge in [0, 0.05) is 25.6 Å². The number of likely N-dealkylation sites (tertiary alicyclic amines) is 1. The Hall–Kier alpha value is -1.92. The lowest BCUT2D eigenvalue weighted by Gasteiger charge is -2.26. The summed E-state index contributed by atoms with van der Waals surface area (Å²) < 4.78 is 0. The van der Waals surface area contributed by atoms with Crippen LogP contribution in [0.15, 0.2) is 30.3 Å². The lowest BCUT2D eigenvalue weighted by molar-refractivity contribution is -0.132.